The molecule has 1 atom stereocenters. The number of carbonyl (C=O) groups excluding carboxylic acids is 2. The van der Waals surface area contributed by atoms with Crippen LogP contribution in [-0.2, 0) is 27.6 Å². The SMILES string of the molecule is CCO[Si](OCC)(OCC)C1CC(=O)OC1=O. The van der Waals surface area contributed by atoms with Gasteiger partial charge in [0.15, 0.2) is 0 Å². The maximum atomic E-state index is 11.6. The summed E-state index contributed by atoms with van der Waals surface area (Å²) in [5.41, 5.74) is -0.727. The highest BCUT2D eigenvalue weighted by Gasteiger charge is 2.58. The molecule has 0 radical (unpaired) electrons. The molecule has 1 aliphatic heterocycles. The fourth-order valence-electron chi connectivity index (χ4n) is 1.77. The van der Waals surface area contributed by atoms with Crippen LogP contribution < -0.4 is 0 Å². The van der Waals surface area contributed by atoms with E-state index in [1.54, 1.807) is 20.8 Å². The first-order chi connectivity index (χ1) is 8.09. The van der Waals surface area contributed by atoms with Crippen LogP contribution in [0.1, 0.15) is 27.2 Å². The van der Waals surface area contributed by atoms with Crippen LogP contribution in [0.25, 0.3) is 0 Å². The van der Waals surface area contributed by atoms with Gasteiger partial charge in [0, 0.05) is 19.8 Å². The first-order valence-corrected chi connectivity index (χ1v) is 7.56. The topological polar surface area (TPSA) is 71.1 Å². The number of hydrogen-bond donors (Lipinski definition) is 0. The lowest BCUT2D eigenvalue weighted by Crippen LogP contribution is -2.51. The van der Waals surface area contributed by atoms with E-state index in [0.29, 0.717) is 19.8 Å². The summed E-state index contributed by atoms with van der Waals surface area (Å²) in [6.07, 6.45) is -0.0228. The van der Waals surface area contributed by atoms with Crippen molar-refractivity contribution in [1.82, 2.24) is 0 Å². The van der Waals surface area contributed by atoms with Gasteiger partial charge >= 0.3 is 20.7 Å². The molecule has 0 aromatic carbocycles. The van der Waals surface area contributed by atoms with Crippen molar-refractivity contribution >= 4 is 20.7 Å². The highest BCUT2D eigenvalue weighted by atomic mass is 28.4. The van der Waals surface area contributed by atoms with E-state index in [0.717, 1.165) is 0 Å². The zero-order valence-electron chi connectivity index (χ0n) is 10.4. The molecule has 1 fully saturated rings. The van der Waals surface area contributed by atoms with Gasteiger partial charge in [-0.25, -0.2) is 0 Å². The molecule has 98 valence electrons. The molecule has 1 aliphatic rings. The third kappa shape index (κ3) is 3.12. The van der Waals surface area contributed by atoms with Crippen molar-refractivity contribution in [2.45, 2.75) is 32.7 Å². The third-order valence-electron chi connectivity index (χ3n) is 2.33. The second-order valence-corrected chi connectivity index (χ2v) is 6.22. The maximum Gasteiger partial charge on any atom is 0.516 e. The fraction of sp³-hybridized carbons (Fsp3) is 0.800. The predicted molar refractivity (Wildman–Crippen MR) is 60.1 cm³/mol. The molecule has 0 saturated carbocycles. The molecule has 17 heavy (non-hydrogen) atoms. The van der Waals surface area contributed by atoms with Crippen LogP contribution in [0, 0.1) is 0 Å². The Hall–Kier alpha value is -0.763. The molecule has 0 N–H and O–H groups in total. The number of carbonyl (C=O) groups is 2. The van der Waals surface area contributed by atoms with Crippen molar-refractivity contribution in [2.75, 3.05) is 19.8 Å². The zero-order chi connectivity index (χ0) is 12.9. The van der Waals surface area contributed by atoms with Crippen molar-refractivity contribution in [3.05, 3.63) is 0 Å². The summed E-state index contributed by atoms with van der Waals surface area (Å²) in [6, 6.07) is 0. The molecular weight excluding hydrogens is 244 g/mol. The molecule has 1 rings (SSSR count). The standard InChI is InChI=1S/C10H18O6Si/c1-4-13-17(14-5-2,15-6-3)8-7-9(11)16-10(8)12/h8H,4-7H2,1-3H3. The Morgan fingerprint density at radius 3 is 1.88 bits per heavy atom. The van der Waals surface area contributed by atoms with Crippen LogP contribution in [0.2, 0.25) is 5.54 Å². The minimum Gasteiger partial charge on any atom is -0.393 e. The Morgan fingerprint density at radius 2 is 1.59 bits per heavy atom. The first-order valence-electron chi connectivity index (χ1n) is 5.76. The number of cyclic esters (lactones) is 2. The van der Waals surface area contributed by atoms with Crippen molar-refractivity contribution in [1.29, 1.82) is 0 Å². The molecule has 0 amide bonds. The lowest BCUT2D eigenvalue weighted by Gasteiger charge is -2.30. The molecule has 1 heterocycles. The Labute approximate surface area is 102 Å². The summed E-state index contributed by atoms with van der Waals surface area (Å²) in [5.74, 6) is -1.15. The quantitative estimate of drug-likeness (QED) is 0.385. The minimum atomic E-state index is -3.16. The summed E-state index contributed by atoms with van der Waals surface area (Å²) in [7, 11) is -3.16. The summed E-state index contributed by atoms with van der Waals surface area (Å²) >= 11 is 0. The van der Waals surface area contributed by atoms with E-state index in [1.165, 1.54) is 0 Å². The zero-order valence-corrected chi connectivity index (χ0v) is 11.4. The molecule has 6 nitrogen and oxygen atoms in total. The fourth-order valence-corrected chi connectivity index (χ4v) is 4.60. The molecule has 7 heteroatoms. The van der Waals surface area contributed by atoms with E-state index in [9.17, 15) is 9.59 Å². The van der Waals surface area contributed by atoms with E-state index in [4.69, 9.17) is 13.3 Å². The van der Waals surface area contributed by atoms with E-state index < -0.39 is 26.3 Å². The molecule has 0 aromatic rings. The van der Waals surface area contributed by atoms with Gasteiger partial charge in [-0.15, -0.1) is 0 Å². The van der Waals surface area contributed by atoms with Crippen molar-refractivity contribution in [3.63, 3.8) is 0 Å². The molecule has 0 spiro atoms. The van der Waals surface area contributed by atoms with Crippen LogP contribution in [0.15, 0.2) is 0 Å². The van der Waals surface area contributed by atoms with Crippen molar-refractivity contribution < 1.29 is 27.6 Å². The van der Waals surface area contributed by atoms with Gasteiger partial charge in [-0.1, -0.05) is 0 Å². The van der Waals surface area contributed by atoms with Crippen molar-refractivity contribution in [3.8, 4) is 0 Å². The number of ether oxygens (including phenoxy) is 1. The lowest BCUT2D eigenvalue weighted by atomic mass is 10.3. The number of hydrogen-bond acceptors (Lipinski definition) is 6. The van der Waals surface area contributed by atoms with Gasteiger partial charge in [-0.3, -0.25) is 9.59 Å². The highest BCUT2D eigenvalue weighted by molar-refractivity contribution is 6.67. The van der Waals surface area contributed by atoms with Gasteiger partial charge < -0.3 is 18.0 Å². The van der Waals surface area contributed by atoms with Crippen molar-refractivity contribution in [2.24, 2.45) is 0 Å². The Kier molecular flexibility index (Phi) is 5.25. The summed E-state index contributed by atoms with van der Waals surface area (Å²) in [5, 5.41) is 0. The van der Waals surface area contributed by atoms with Crippen LogP contribution in [0.4, 0.5) is 0 Å². The third-order valence-corrected chi connectivity index (χ3v) is 5.70. The van der Waals surface area contributed by atoms with Gasteiger partial charge in [-0.2, -0.15) is 0 Å². The average molecular weight is 262 g/mol. The van der Waals surface area contributed by atoms with Crippen LogP contribution >= 0.6 is 0 Å². The number of esters is 2. The van der Waals surface area contributed by atoms with E-state index in [-0.39, 0.29) is 6.42 Å². The van der Waals surface area contributed by atoms with Gasteiger partial charge in [0.25, 0.3) is 0 Å². The first kappa shape index (κ1) is 14.3. The molecule has 0 aliphatic carbocycles. The summed E-state index contributed by atoms with van der Waals surface area (Å²) in [6.45, 7) is 6.48. The highest BCUT2D eigenvalue weighted by Crippen LogP contribution is 2.34. The molecule has 0 bridgehead atoms. The molecule has 1 saturated heterocycles. The van der Waals surface area contributed by atoms with Gasteiger partial charge in [0.2, 0.25) is 0 Å². The molecular formula is C10H18O6Si. The Balaban J connectivity index is 2.93. The van der Waals surface area contributed by atoms with Crippen LogP contribution in [0.5, 0.6) is 0 Å². The van der Waals surface area contributed by atoms with Gasteiger partial charge in [0.05, 0.1) is 6.42 Å². The van der Waals surface area contributed by atoms with Gasteiger partial charge in [-0.05, 0) is 20.8 Å². The Bertz CT molecular complexity index is 276. The minimum absolute atomic E-state index is 0.0228. The largest absolute Gasteiger partial charge is 0.516 e. The van der Waals surface area contributed by atoms with Gasteiger partial charge in [0.1, 0.15) is 5.54 Å². The number of rotatable bonds is 7. The van der Waals surface area contributed by atoms with E-state index in [2.05, 4.69) is 4.74 Å². The monoisotopic (exact) mass is 262 g/mol. The van der Waals surface area contributed by atoms with E-state index >= 15 is 0 Å². The average Bonchev–Trinajstić information content (AvgIpc) is 2.59. The van der Waals surface area contributed by atoms with E-state index in [1.807, 2.05) is 0 Å². The summed E-state index contributed by atoms with van der Waals surface area (Å²) < 4.78 is 21.2. The normalized spacial score (nSPS) is 20.8. The second kappa shape index (κ2) is 6.25. The lowest BCUT2D eigenvalue weighted by molar-refractivity contribution is -0.152. The molecule has 0 aromatic heterocycles. The summed E-state index contributed by atoms with van der Waals surface area (Å²) in [4.78, 5) is 22.7. The van der Waals surface area contributed by atoms with Crippen LogP contribution in [0.3, 0.4) is 0 Å². The smallest absolute Gasteiger partial charge is 0.393 e. The van der Waals surface area contributed by atoms with Crippen LogP contribution in [-0.4, -0.2) is 40.6 Å². The second-order valence-electron chi connectivity index (χ2n) is 3.45. The Morgan fingerprint density at radius 1 is 1.12 bits per heavy atom. The predicted octanol–water partition coefficient (Wildman–Crippen LogP) is 0.878. The molecule has 1 unspecified atom stereocenters. The maximum absolute atomic E-state index is 11.6.